The molecule has 0 radical (unpaired) electrons. The number of carboxylic acid groups (broad SMARTS) is 1. The second-order valence-corrected chi connectivity index (χ2v) is 4.09. The van der Waals surface area contributed by atoms with Gasteiger partial charge in [0.15, 0.2) is 0 Å². The van der Waals surface area contributed by atoms with Crippen molar-refractivity contribution in [2.45, 2.75) is 6.10 Å². The van der Waals surface area contributed by atoms with Gasteiger partial charge in [-0.2, -0.15) is 0 Å². The van der Waals surface area contributed by atoms with Gasteiger partial charge < -0.3 is 20.6 Å². The molecule has 1 aromatic heterocycles. The van der Waals surface area contributed by atoms with Crippen molar-refractivity contribution in [3.8, 4) is 0 Å². The molecule has 6 heteroatoms. The molecule has 1 unspecified atom stereocenters. The van der Waals surface area contributed by atoms with E-state index >= 15 is 0 Å². The molecule has 0 aliphatic carbocycles. The van der Waals surface area contributed by atoms with Crippen LogP contribution < -0.4 is 5.32 Å². The number of aromatic carboxylic acids is 1. The van der Waals surface area contributed by atoms with Crippen LogP contribution >= 0.6 is 0 Å². The molecule has 2 rings (SSSR count). The number of hydrogen-bond acceptors (Lipinski definition) is 5. The van der Waals surface area contributed by atoms with Crippen molar-refractivity contribution in [3.63, 3.8) is 0 Å². The molecule has 1 heterocycles. The first-order chi connectivity index (χ1) is 9.11. The van der Waals surface area contributed by atoms with Gasteiger partial charge in [-0.05, 0) is 24.3 Å². The van der Waals surface area contributed by atoms with Gasteiger partial charge in [-0.3, -0.25) is 0 Å². The number of fused-ring (bicyclic) bond motifs is 1. The van der Waals surface area contributed by atoms with Crippen LogP contribution in [0, 0.1) is 0 Å². The first kappa shape index (κ1) is 13.3. The molecule has 0 aliphatic rings. The molecule has 100 valence electrons. The summed E-state index contributed by atoms with van der Waals surface area (Å²) in [6, 6.07) is 8.17. The standard InChI is InChI=1S/C13H14N2O4/c16-7-8(17)6-14-12-5-4-9-10(13(18)19)2-1-3-11(9)15-12/h1-5,8,16-17H,6-7H2,(H,14,15)(H,18,19). The minimum Gasteiger partial charge on any atom is -0.478 e. The zero-order valence-electron chi connectivity index (χ0n) is 10.1. The zero-order valence-corrected chi connectivity index (χ0v) is 10.1. The molecule has 19 heavy (non-hydrogen) atoms. The maximum Gasteiger partial charge on any atom is 0.336 e. The SMILES string of the molecule is O=C(O)c1cccc2nc(NCC(O)CO)ccc12. The van der Waals surface area contributed by atoms with E-state index in [1.54, 1.807) is 24.3 Å². The number of carbonyl (C=O) groups is 1. The van der Waals surface area contributed by atoms with Gasteiger partial charge >= 0.3 is 5.97 Å². The van der Waals surface area contributed by atoms with E-state index in [-0.39, 0.29) is 18.7 Å². The van der Waals surface area contributed by atoms with Crippen LogP contribution in [-0.2, 0) is 0 Å². The highest BCUT2D eigenvalue weighted by Gasteiger charge is 2.09. The monoisotopic (exact) mass is 262 g/mol. The van der Waals surface area contributed by atoms with E-state index in [0.717, 1.165) is 0 Å². The highest BCUT2D eigenvalue weighted by Crippen LogP contribution is 2.19. The number of nitrogens with zero attached hydrogens (tertiary/aromatic N) is 1. The Bertz CT molecular complexity index is 600. The van der Waals surface area contributed by atoms with Crippen LogP contribution in [-0.4, -0.2) is 45.5 Å². The number of aliphatic hydroxyl groups excluding tert-OH is 2. The second-order valence-electron chi connectivity index (χ2n) is 4.09. The highest BCUT2D eigenvalue weighted by atomic mass is 16.4. The lowest BCUT2D eigenvalue weighted by atomic mass is 10.1. The summed E-state index contributed by atoms with van der Waals surface area (Å²) in [6.45, 7) is -0.155. The van der Waals surface area contributed by atoms with Crippen LogP contribution in [0.4, 0.5) is 5.82 Å². The Labute approximate surface area is 109 Å². The number of pyridine rings is 1. The molecule has 0 spiro atoms. The molecule has 4 N–H and O–H groups in total. The van der Waals surface area contributed by atoms with Gasteiger partial charge in [0.05, 0.1) is 23.8 Å². The number of benzene rings is 1. The zero-order chi connectivity index (χ0) is 13.8. The van der Waals surface area contributed by atoms with Gasteiger partial charge in [0.2, 0.25) is 0 Å². The van der Waals surface area contributed by atoms with E-state index in [1.165, 1.54) is 6.07 Å². The molecular weight excluding hydrogens is 248 g/mol. The lowest BCUT2D eigenvalue weighted by molar-refractivity contribution is 0.0699. The maximum atomic E-state index is 11.0. The fourth-order valence-electron chi connectivity index (χ4n) is 1.73. The summed E-state index contributed by atoms with van der Waals surface area (Å²) in [7, 11) is 0. The third-order valence-corrected chi connectivity index (χ3v) is 2.69. The number of aliphatic hydroxyl groups is 2. The van der Waals surface area contributed by atoms with Gasteiger partial charge in [0.1, 0.15) is 5.82 Å². The summed E-state index contributed by atoms with van der Waals surface area (Å²) < 4.78 is 0. The Morgan fingerprint density at radius 2 is 2.11 bits per heavy atom. The highest BCUT2D eigenvalue weighted by molar-refractivity contribution is 6.02. The van der Waals surface area contributed by atoms with E-state index in [0.29, 0.717) is 16.7 Å². The summed E-state index contributed by atoms with van der Waals surface area (Å²) in [4.78, 5) is 15.3. The van der Waals surface area contributed by atoms with Gasteiger partial charge in [-0.1, -0.05) is 6.07 Å². The lowest BCUT2D eigenvalue weighted by Gasteiger charge is -2.10. The molecule has 0 fully saturated rings. The molecule has 1 aromatic carbocycles. The van der Waals surface area contributed by atoms with Crippen molar-refractivity contribution in [1.29, 1.82) is 0 Å². The van der Waals surface area contributed by atoms with E-state index in [2.05, 4.69) is 10.3 Å². The van der Waals surface area contributed by atoms with Crippen molar-refractivity contribution in [2.75, 3.05) is 18.5 Å². The first-order valence-corrected chi connectivity index (χ1v) is 5.77. The summed E-state index contributed by atoms with van der Waals surface area (Å²) in [5.74, 6) is -0.480. The Kier molecular flexibility index (Phi) is 3.94. The summed E-state index contributed by atoms with van der Waals surface area (Å²) in [6.07, 6.45) is -0.858. The van der Waals surface area contributed by atoms with Crippen molar-refractivity contribution in [3.05, 3.63) is 35.9 Å². The summed E-state index contributed by atoms with van der Waals surface area (Å²) in [5, 5.41) is 30.4. The second kappa shape index (κ2) is 5.64. The van der Waals surface area contributed by atoms with Crippen LogP contribution in [0.15, 0.2) is 30.3 Å². The third-order valence-electron chi connectivity index (χ3n) is 2.69. The Balaban J connectivity index is 2.29. The van der Waals surface area contributed by atoms with Crippen LogP contribution in [0.25, 0.3) is 10.9 Å². The molecule has 0 saturated carbocycles. The number of rotatable bonds is 5. The predicted octanol–water partition coefficient (Wildman–Crippen LogP) is 0.698. The minimum atomic E-state index is -0.996. The van der Waals surface area contributed by atoms with Gasteiger partial charge in [0.25, 0.3) is 0 Å². The molecule has 1 atom stereocenters. The largest absolute Gasteiger partial charge is 0.478 e. The Morgan fingerprint density at radius 3 is 2.79 bits per heavy atom. The number of aromatic nitrogens is 1. The summed E-state index contributed by atoms with van der Waals surface area (Å²) in [5.41, 5.74) is 0.760. The van der Waals surface area contributed by atoms with Crippen LogP contribution in [0.3, 0.4) is 0 Å². The smallest absolute Gasteiger partial charge is 0.336 e. The number of hydrogen-bond donors (Lipinski definition) is 4. The minimum absolute atomic E-state index is 0.174. The van der Waals surface area contributed by atoms with Gasteiger partial charge in [-0.15, -0.1) is 0 Å². The molecule has 0 amide bonds. The Hall–Kier alpha value is -2.18. The predicted molar refractivity (Wildman–Crippen MR) is 70.3 cm³/mol. The first-order valence-electron chi connectivity index (χ1n) is 5.77. The van der Waals surface area contributed by atoms with E-state index in [1.807, 2.05) is 0 Å². The fraction of sp³-hybridized carbons (Fsp3) is 0.231. The molecule has 0 saturated heterocycles. The number of carboxylic acids is 1. The van der Waals surface area contributed by atoms with E-state index in [9.17, 15) is 9.90 Å². The fourth-order valence-corrected chi connectivity index (χ4v) is 1.73. The quantitative estimate of drug-likeness (QED) is 0.632. The lowest BCUT2D eigenvalue weighted by Crippen LogP contribution is -2.23. The molecular formula is C13H14N2O4. The van der Waals surface area contributed by atoms with Crippen molar-refractivity contribution < 1.29 is 20.1 Å². The van der Waals surface area contributed by atoms with E-state index in [4.69, 9.17) is 10.2 Å². The van der Waals surface area contributed by atoms with E-state index < -0.39 is 12.1 Å². The topological polar surface area (TPSA) is 103 Å². The Morgan fingerprint density at radius 1 is 1.32 bits per heavy atom. The molecule has 0 aliphatic heterocycles. The van der Waals surface area contributed by atoms with Crippen molar-refractivity contribution in [1.82, 2.24) is 4.98 Å². The van der Waals surface area contributed by atoms with Crippen LogP contribution in [0.1, 0.15) is 10.4 Å². The average molecular weight is 262 g/mol. The van der Waals surface area contributed by atoms with Crippen molar-refractivity contribution in [2.24, 2.45) is 0 Å². The molecule has 0 bridgehead atoms. The normalized spacial score (nSPS) is 12.3. The number of nitrogens with one attached hydrogen (secondary N) is 1. The van der Waals surface area contributed by atoms with Crippen LogP contribution in [0.2, 0.25) is 0 Å². The maximum absolute atomic E-state index is 11.0. The molecule has 6 nitrogen and oxygen atoms in total. The third kappa shape index (κ3) is 2.98. The number of anilines is 1. The van der Waals surface area contributed by atoms with Gasteiger partial charge in [-0.25, -0.2) is 9.78 Å². The summed E-state index contributed by atoms with van der Waals surface area (Å²) >= 11 is 0. The van der Waals surface area contributed by atoms with Crippen LogP contribution in [0.5, 0.6) is 0 Å². The van der Waals surface area contributed by atoms with Crippen molar-refractivity contribution >= 4 is 22.7 Å². The molecule has 2 aromatic rings. The van der Waals surface area contributed by atoms with Gasteiger partial charge in [0, 0.05) is 11.9 Å². The average Bonchev–Trinajstić information content (AvgIpc) is 2.43.